The zero-order valence-electron chi connectivity index (χ0n) is 16.9. The Morgan fingerprint density at radius 2 is 1.61 bits per heavy atom. The number of phenols is 2. The van der Waals surface area contributed by atoms with Crippen LogP contribution in [0.1, 0.15) is 26.3 Å². The van der Waals surface area contributed by atoms with Gasteiger partial charge in [0.25, 0.3) is 11.8 Å². The second-order valence-corrected chi connectivity index (χ2v) is 7.92. The highest BCUT2D eigenvalue weighted by molar-refractivity contribution is 8.18. The lowest BCUT2D eigenvalue weighted by molar-refractivity contribution is -0.120. The van der Waals surface area contributed by atoms with Crippen molar-refractivity contribution in [2.24, 2.45) is 4.99 Å². The Hall–Kier alpha value is -4.37. The first-order valence-corrected chi connectivity index (χ1v) is 10.4. The maximum Gasteiger partial charge on any atom is 0.335 e. The maximum absolute atomic E-state index is 13.2. The zero-order valence-corrected chi connectivity index (χ0v) is 17.7. The number of thioether (sulfide) groups is 1. The van der Waals surface area contributed by atoms with Crippen molar-refractivity contribution in [2.75, 3.05) is 0 Å². The van der Waals surface area contributed by atoms with Gasteiger partial charge < -0.3 is 15.3 Å². The molecule has 8 nitrogen and oxygen atoms in total. The molecule has 0 aromatic heterocycles. The standard InChI is InChI=1S/C24H16N2O6S/c27-18-11-8-16(19(28)13-18)12-20-22(30)26(21(29)14-4-2-1-3-5-14)24(33-20)25-17-9-6-15(7-10-17)23(31)32/h1-13,27-28H,(H,31,32)/b20-12+,25-24?. The Morgan fingerprint density at radius 3 is 2.24 bits per heavy atom. The molecule has 1 aliphatic heterocycles. The van der Waals surface area contributed by atoms with E-state index < -0.39 is 17.8 Å². The topological polar surface area (TPSA) is 128 Å². The number of benzene rings is 3. The van der Waals surface area contributed by atoms with Crippen LogP contribution in [-0.2, 0) is 4.79 Å². The summed E-state index contributed by atoms with van der Waals surface area (Å²) < 4.78 is 0. The summed E-state index contributed by atoms with van der Waals surface area (Å²) in [6.07, 6.45) is 1.41. The minimum absolute atomic E-state index is 0.0784. The first-order valence-electron chi connectivity index (χ1n) is 9.61. The van der Waals surface area contributed by atoms with Crippen LogP contribution in [0.3, 0.4) is 0 Å². The third kappa shape index (κ3) is 4.63. The van der Waals surface area contributed by atoms with Crippen molar-refractivity contribution < 1.29 is 29.7 Å². The van der Waals surface area contributed by atoms with E-state index in [2.05, 4.69) is 4.99 Å². The zero-order chi connectivity index (χ0) is 23.5. The van der Waals surface area contributed by atoms with Gasteiger partial charge in [-0.1, -0.05) is 18.2 Å². The lowest BCUT2D eigenvalue weighted by Crippen LogP contribution is -2.35. The number of hydrogen-bond acceptors (Lipinski definition) is 7. The van der Waals surface area contributed by atoms with Crippen molar-refractivity contribution in [3.8, 4) is 11.5 Å². The van der Waals surface area contributed by atoms with Gasteiger partial charge >= 0.3 is 5.97 Å². The summed E-state index contributed by atoms with van der Waals surface area (Å²) in [6.45, 7) is 0. The minimum atomic E-state index is -1.08. The van der Waals surface area contributed by atoms with E-state index in [4.69, 9.17) is 5.11 Å². The smallest absolute Gasteiger partial charge is 0.335 e. The minimum Gasteiger partial charge on any atom is -0.508 e. The van der Waals surface area contributed by atoms with Crippen LogP contribution in [0.4, 0.5) is 5.69 Å². The summed E-state index contributed by atoms with van der Waals surface area (Å²) in [5.41, 5.74) is 1.00. The number of carbonyl (C=O) groups is 3. The van der Waals surface area contributed by atoms with Crippen LogP contribution in [-0.4, -0.2) is 43.2 Å². The number of carboxylic acids is 1. The summed E-state index contributed by atoms with van der Waals surface area (Å²) in [5, 5.41) is 28.7. The average Bonchev–Trinajstić information content (AvgIpc) is 3.10. The summed E-state index contributed by atoms with van der Waals surface area (Å²) in [6, 6.07) is 17.9. The van der Waals surface area contributed by atoms with Gasteiger partial charge in [-0.3, -0.25) is 9.59 Å². The predicted molar refractivity (Wildman–Crippen MR) is 123 cm³/mol. The monoisotopic (exact) mass is 460 g/mol. The van der Waals surface area contributed by atoms with E-state index in [1.165, 1.54) is 42.5 Å². The van der Waals surface area contributed by atoms with Crippen molar-refractivity contribution in [2.45, 2.75) is 0 Å². The fourth-order valence-electron chi connectivity index (χ4n) is 3.02. The SMILES string of the molecule is O=C(O)c1ccc(N=C2S/C(=C/c3ccc(O)cc3O)C(=O)N2C(=O)c2ccccc2)cc1. The fraction of sp³-hybridized carbons (Fsp3) is 0. The van der Waals surface area contributed by atoms with E-state index in [9.17, 15) is 24.6 Å². The van der Waals surface area contributed by atoms with Crippen LogP contribution in [0.25, 0.3) is 6.08 Å². The molecule has 33 heavy (non-hydrogen) atoms. The highest BCUT2D eigenvalue weighted by Crippen LogP contribution is 2.37. The lowest BCUT2D eigenvalue weighted by atomic mass is 10.1. The molecule has 9 heteroatoms. The van der Waals surface area contributed by atoms with E-state index in [-0.39, 0.29) is 38.3 Å². The molecule has 0 spiro atoms. The molecule has 0 saturated carbocycles. The van der Waals surface area contributed by atoms with Gasteiger partial charge in [0.2, 0.25) is 0 Å². The Balaban J connectivity index is 1.76. The van der Waals surface area contributed by atoms with Crippen LogP contribution < -0.4 is 0 Å². The van der Waals surface area contributed by atoms with Crippen LogP contribution >= 0.6 is 11.8 Å². The van der Waals surface area contributed by atoms with E-state index in [0.29, 0.717) is 5.69 Å². The van der Waals surface area contributed by atoms with Crippen molar-refractivity contribution in [1.29, 1.82) is 0 Å². The highest BCUT2D eigenvalue weighted by atomic mass is 32.2. The quantitative estimate of drug-likeness (QED) is 0.392. The van der Waals surface area contributed by atoms with Crippen LogP contribution in [0, 0.1) is 0 Å². The number of nitrogens with zero attached hydrogens (tertiary/aromatic N) is 2. The number of amides is 2. The molecule has 0 bridgehead atoms. The summed E-state index contributed by atoms with van der Waals surface area (Å²) in [4.78, 5) is 42.9. The van der Waals surface area contributed by atoms with Gasteiger partial charge in [-0.25, -0.2) is 14.7 Å². The van der Waals surface area contributed by atoms with Gasteiger partial charge in [0.1, 0.15) is 11.5 Å². The summed E-state index contributed by atoms with van der Waals surface area (Å²) in [7, 11) is 0. The van der Waals surface area contributed by atoms with Gasteiger partial charge in [0.15, 0.2) is 5.17 Å². The first kappa shape index (κ1) is 21.8. The Morgan fingerprint density at radius 1 is 0.909 bits per heavy atom. The van der Waals surface area contributed by atoms with E-state index in [1.807, 2.05) is 0 Å². The number of aliphatic imine (C=N–C) groups is 1. The average molecular weight is 460 g/mol. The maximum atomic E-state index is 13.2. The van der Waals surface area contributed by atoms with Gasteiger partial charge in [-0.15, -0.1) is 0 Å². The third-order valence-electron chi connectivity index (χ3n) is 4.67. The number of amidine groups is 1. The second-order valence-electron chi connectivity index (χ2n) is 6.91. The molecule has 3 N–H and O–H groups in total. The molecule has 0 radical (unpaired) electrons. The van der Waals surface area contributed by atoms with Crippen molar-refractivity contribution in [1.82, 2.24) is 4.90 Å². The van der Waals surface area contributed by atoms with Crippen LogP contribution in [0.15, 0.2) is 82.7 Å². The first-order chi connectivity index (χ1) is 15.8. The number of imide groups is 1. The number of hydrogen-bond donors (Lipinski definition) is 3. The molecular formula is C24H16N2O6S. The van der Waals surface area contributed by atoms with Gasteiger partial charge in [-0.2, -0.15) is 0 Å². The lowest BCUT2D eigenvalue weighted by Gasteiger charge is -2.13. The number of aromatic hydroxyl groups is 2. The number of phenolic OH excluding ortho intramolecular Hbond substituents is 2. The van der Waals surface area contributed by atoms with Crippen LogP contribution in [0.5, 0.6) is 11.5 Å². The van der Waals surface area contributed by atoms with E-state index in [0.717, 1.165) is 22.7 Å². The summed E-state index contributed by atoms with van der Waals surface area (Å²) >= 11 is 0.940. The molecule has 0 unspecified atom stereocenters. The molecule has 3 aromatic rings. The second kappa shape index (κ2) is 9.01. The molecule has 0 aliphatic carbocycles. The number of carbonyl (C=O) groups excluding carboxylic acids is 2. The number of aromatic carboxylic acids is 1. The van der Waals surface area contributed by atoms with Gasteiger partial charge in [-0.05, 0) is 66.4 Å². The van der Waals surface area contributed by atoms with E-state index in [1.54, 1.807) is 30.3 Å². The normalized spacial score (nSPS) is 15.9. The molecular weight excluding hydrogens is 444 g/mol. The largest absolute Gasteiger partial charge is 0.508 e. The highest BCUT2D eigenvalue weighted by Gasteiger charge is 2.38. The number of rotatable bonds is 4. The third-order valence-corrected chi connectivity index (χ3v) is 5.64. The van der Waals surface area contributed by atoms with Gasteiger partial charge in [0.05, 0.1) is 16.2 Å². The Bertz CT molecular complexity index is 1320. The Labute approximate surface area is 192 Å². The predicted octanol–water partition coefficient (Wildman–Crippen LogP) is 4.24. The molecule has 4 rings (SSSR count). The molecule has 2 amide bonds. The molecule has 1 saturated heterocycles. The van der Waals surface area contributed by atoms with Crippen LogP contribution in [0.2, 0.25) is 0 Å². The molecule has 1 aliphatic rings. The molecule has 1 heterocycles. The summed E-state index contributed by atoms with van der Waals surface area (Å²) in [5.74, 6) is -2.64. The fourth-order valence-corrected chi connectivity index (χ4v) is 3.99. The van der Waals surface area contributed by atoms with E-state index >= 15 is 0 Å². The molecule has 164 valence electrons. The van der Waals surface area contributed by atoms with Gasteiger partial charge in [0, 0.05) is 17.2 Å². The van der Waals surface area contributed by atoms with Crippen molar-refractivity contribution >= 4 is 46.5 Å². The molecule has 1 fully saturated rings. The Kier molecular flexibility index (Phi) is 5.97. The number of carboxylic acid groups (broad SMARTS) is 1. The molecule has 3 aromatic carbocycles. The van der Waals surface area contributed by atoms with Crippen molar-refractivity contribution in [3.63, 3.8) is 0 Å². The van der Waals surface area contributed by atoms with Crippen molar-refractivity contribution in [3.05, 3.63) is 94.4 Å². The molecule has 0 atom stereocenters.